The Morgan fingerprint density at radius 1 is 1.45 bits per heavy atom. The average molecular weight is 342 g/mol. The third kappa shape index (κ3) is 3.33. The number of hydrogen-bond donors (Lipinski definition) is 1. The fraction of sp³-hybridized carbons (Fsp3) is 0.533. The molecule has 1 heterocycles. The predicted octanol–water partition coefficient (Wildman–Crippen LogP) is 2.64. The highest BCUT2D eigenvalue weighted by molar-refractivity contribution is 9.10. The van der Waals surface area contributed by atoms with Gasteiger partial charge in [0, 0.05) is 23.1 Å². The highest BCUT2D eigenvalue weighted by Gasteiger charge is 2.25. The summed E-state index contributed by atoms with van der Waals surface area (Å²) in [6.45, 7) is 5.20. The molecule has 20 heavy (non-hydrogen) atoms. The van der Waals surface area contributed by atoms with Crippen molar-refractivity contribution in [1.29, 1.82) is 0 Å². The fourth-order valence-corrected chi connectivity index (χ4v) is 3.13. The number of aliphatic hydroxyl groups is 1. The Hall–Kier alpha value is -1.07. The van der Waals surface area contributed by atoms with E-state index in [1.807, 2.05) is 24.0 Å². The minimum Gasteiger partial charge on any atom is -0.480 e. The third-order valence-electron chi connectivity index (χ3n) is 3.55. The molecule has 5 heteroatoms. The molecule has 0 aromatic heterocycles. The van der Waals surface area contributed by atoms with Crippen LogP contribution in [0.4, 0.5) is 0 Å². The van der Waals surface area contributed by atoms with E-state index in [-0.39, 0.29) is 12.5 Å². The minimum atomic E-state index is -0.529. The van der Waals surface area contributed by atoms with Crippen molar-refractivity contribution in [2.75, 3.05) is 13.1 Å². The first-order chi connectivity index (χ1) is 9.52. The molecule has 1 aromatic carbocycles. The van der Waals surface area contributed by atoms with E-state index in [0.717, 1.165) is 36.0 Å². The van der Waals surface area contributed by atoms with Gasteiger partial charge in [0.15, 0.2) is 6.10 Å². The van der Waals surface area contributed by atoms with Gasteiger partial charge in [0.25, 0.3) is 5.91 Å². The van der Waals surface area contributed by atoms with Crippen LogP contribution in [0.1, 0.15) is 30.9 Å². The molecule has 1 aromatic rings. The number of nitrogens with zero attached hydrogens (tertiary/aromatic N) is 1. The first kappa shape index (κ1) is 15.3. The zero-order valence-electron chi connectivity index (χ0n) is 11.9. The molecule has 110 valence electrons. The van der Waals surface area contributed by atoms with Crippen molar-refractivity contribution >= 4 is 21.8 Å². The number of aliphatic hydroxyl groups excluding tert-OH is 1. The Labute approximate surface area is 127 Å². The number of carbonyl (C=O) groups excluding carboxylic acids is 1. The molecular weight excluding hydrogens is 322 g/mol. The number of rotatable bonds is 4. The monoisotopic (exact) mass is 341 g/mol. The molecule has 0 bridgehead atoms. The van der Waals surface area contributed by atoms with E-state index in [1.54, 1.807) is 6.92 Å². The van der Waals surface area contributed by atoms with E-state index in [0.29, 0.717) is 11.3 Å². The maximum atomic E-state index is 12.3. The Balaban J connectivity index is 2.14. The van der Waals surface area contributed by atoms with Crippen molar-refractivity contribution in [3.05, 3.63) is 27.7 Å². The first-order valence-electron chi connectivity index (χ1n) is 6.88. The van der Waals surface area contributed by atoms with Gasteiger partial charge in [0.2, 0.25) is 0 Å². The fourth-order valence-electron chi connectivity index (χ4n) is 2.51. The number of hydrogen-bond acceptors (Lipinski definition) is 3. The lowest BCUT2D eigenvalue weighted by Crippen LogP contribution is -2.38. The quantitative estimate of drug-likeness (QED) is 0.915. The minimum absolute atomic E-state index is 0.0220. The lowest BCUT2D eigenvalue weighted by molar-refractivity contribution is -0.136. The summed E-state index contributed by atoms with van der Waals surface area (Å²) in [5, 5.41) is 9.43. The van der Waals surface area contributed by atoms with E-state index in [4.69, 9.17) is 4.74 Å². The van der Waals surface area contributed by atoms with Crippen LogP contribution in [0, 0.1) is 6.92 Å². The van der Waals surface area contributed by atoms with E-state index in [1.165, 1.54) is 0 Å². The smallest absolute Gasteiger partial charge is 0.263 e. The van der Waals surface area contributed by atoms with E-state index >= 15 is 0 Å². The summed E-state index contributed by atoms with van der Waals surface area (Å²) in [4.78, 5) is 14.1. The van der Waals surface area contributed by atoms with Crippen LogP contribution in [-0.4, -0.2) is 35.1 Å². The summed E-state index contributed by atoms with van der Waals surface area (Å²) >= 11 is 3.40. The summed E-state index contributed by atoms with van der Waals surface area (Å²) < 4.78 is 6.72. The molecule has 1 aliphatic rings. The molecule has 0 saturated carbocycles. The summed E-state index contributed by atoms with van der Waals surface area (Å²) in [6, 6.07) is 3.73. The van der Waals surface area contributed by atoms with Crippen molar-refractivity contribution in [3.63, 3.8) is 0 Å². The molecule has 1 unspecified atom stereocenters. The van der Waals surface area contributed by atoms with Gasteiger partial charge in [-0.3, -0.25) is 4.79 Å². The van der Waals surface area contributed by atoms with Crippen LogP contribution in [0.5, 0.6) is 5.75 Å². The molecule has 4 nitrogen and oxygen atoms in total. The van der Waals surface area contributed by atoms with Crippen molar-refractivity contribution in [2.24, 2.45) is 0 Å². The Bertz CT molecular complexity index is 498. The second-order valence-corrected chi connectivity index (χ2v) is 6.08. The molecule has 0 radical (unpaired) electrons. The maximum Gasteiger partial charge on any atom is 0.263 e. The van der Waals surface area contributed by atoms with E-state index < -0.39 is 6.10 Å². The van der Waals surface area contributed by atoms with Crippen molar-refractivity contribution in [2.45, 2.75) is 39.4 Å². The third-order valence-corrected chi connectivity index (χ3v) is 4.00. The molecule has 1 fully saturated rings. The summed E-state index contributed by atoms with van der Waals surface area (Å²) in [7, 11) is 0. The summed E-state index contributed by atoms with van der Waals surface area (Å²) in [5.74, 6) is 0.629. The zero-order chi connectivity index (χ0) is 14.7. The van der Waals surface area contributed by atoms with Crippen LogP contribution in [-0.2, 0) is 11.4 Å². The number of aryl methyl sites for hydroxylation is 1. The molecule has 1 atom stereocenters. The zero-order valence-corrected chi connectivity index (χ0v) is 13.4. The van der Waals surface area contributed by atoms with Gasteiger partial charge in [-0.2, -0.15) is 0 Å². The number of likely N-dealkylation sites (tertiary alicyclic amines) is 1. The van der Waals surface area contributed by atoms with Crippen LogP contribution in [0.3, 0.4) is 0 Å². The molecule has 0 spiro atoms. The normalized spacial score (nSPS) is 16.3. The number of halogens is 1. The van der Waals surface area contributed by atoms with Crippen LogP contribution < -0.4 is 4.74 Å². The highest BCUT2D eigenvalue weighted by Crippen LogP contribution is 2.29. The molecule has 1 saturated heterocycles. The van der Waals surface area contributed by atoms with Crippen LogP contribution in [0.15, 0.2) is 16.6 Å². The summed E-state index contributed by atoms with van der Waals surface area (Å²) in [6.07, 6.45) is 1.60. The van der Waals surface area contributed by atoms with Gasteiger partial charge in [-0.15, -0.1) is 0 Å². The van der Waals surface area contributed by atoms with Gasteiger partial charge in [-0.25, -0.2) is 0 Å². The van der Waals surface area contributed by atoms with Crippen molar-refractivity contribution in [3.8, 4) is 5.75 Å². The van der Waals surface area contributed by atoms with Crippen LogP contribution >= 0.6 is 15.9 Å². The standard InChI is InChI=1S/C15H20BrNO3/c1-10-7-13(16)8-12(9-18)14(10)20-11(2)15(19)17-5-3-4-6-17/h7-8,11,18H,3-6,9H2,1-2H3. The Morgan fingerprint density at radius 2 is 2.10 bits per heavy atom. The number of benzene rings is 1. The van der Waals surface area contributed by atoms with Gasteiger partial charge in [-0.05, 0) is 44.4 Å². The molecule has 1 N–H and O–H groups in total. The second-order valence-electron chi connectivity index (χ2n) is 5.16. The number of carbonyl (C=O) groups is 1. The van der Waals surface area contributed by atoms with Crippen molar-refractivity contribution in [1.82, 2.24) is 4.90 Å². The molecule has 2 rings (SSSR count). The molecule has 0 aliphatic carbocycles. The van der Waals surface area contributed by atoms with Gasteiger partial charge < -0.3 is 14.7 Å². The van der Waals surface area contributed by atoms with Crippen LogP contribution in [0.25, 0.3) is 0 Å². The van der Waals surface area contributed by atoms with Crippen molar-refractivity contribution < 1.29 is 14.6 Å². The number of ether oxygens (including phenoxy) is 1. The van der Waals surface area contributed by atoms with E-state index in [2.05, 4.69) is 15.9 Å². The van der Waals surface area contributed by atoms with Crippen LogP contribution in [0.2, 0.25) is 0 Å². The van der Waals surface area contributed by atoms with Gasteiger partial charge >= 0.3 is 0 Å². The Kier molecular flexibility index (Phi) is 5.05. The van der Waals surface area contributed by atoms with Gasteiger partial charge in [0.05, 0.1) is 6.61 Å². The average Bonchev–Trinajstić information content (AvgIpc) is 2.94. The lowest BCUT2D eigenvalue weighted by Gasteiger charge is -2.23. The molecule has 1 amide bonds. The first-order valence-corrected chi connectivity index (χ1v) is 7.67. The van der Waals surface area contributed by atoms with Gasteiger partial charge in [-0.1, -0.05) is 15.9 Å². The predicted molar refractivity (Wildman–Crippen MR) is 80.7 cm³/mol. The Morgan fingerprint density at radius 3 is 2.70 bits per heavy atom. The molecular formula is C15H20BrNO3. The van der Waals surface area contributed by atoms with Gasteiger partial charge in [0.1, 0.15) is 5.75 Å². The summed E-state index contributed by atoms with van der Waals surface area (Å²) in [5.41, 5.74) is 1.60. The van der Waals surface area contributed by atoms with E-state index in [9.17, 15) is 9.90 Å². The largest absolute Gasteiger partial charge is 0.480 e. The second kappa shape index (κ2) is 6.59. The maximum absolute atomic E-state index is 12.3. The lowest BCUT2D eigenvalue weighted by atomic mass is 10.1. The topological polar surface area (TPSA) is 49.8 Å². The SMILES string of the molecule is Cc1cc(Br)cc(CO)c1OC(C)C(=O)N1CCCC1. The number of amides is 1. The molecule has 1 aliphatic heterocycles. The highest BCUT2D eigenvalue weighted by atomic mass is 79.9.